The van der Waals surface area contributed by atoms with E-state index in [4.69, 9.17) is 17.4 Å². The molecule has 0 bridgehead atoms. The maximum atomic E-state index is 13.8. The first-order chi connectivity index (χ1) is 13.8. The minimum absolute atomic E-state index is 0.0675. The molecule has 0 aliphatic carbocycles. The van der Waals surface area contributed by atoms with Gasteiger partial charge in [-0.2, -0.15) is 0 Å². The van der Waals surface area contributed by atoms with E-state index in [2.05, 4.69) is 5.32 Å². The van der Waals surface area contributed by atoms with Gasteiger partial charge in [-0.25, -0.2) is 14.6 Å². The summed E-state index contributed by atoms with van der Waals surface area (Å²) in [5.74, 6) is 2.80. The van der Waals surface area contributed by atoms with Crippen molar-refractivity contribution >= 4 is 34.7 Å². The SMILES string of the molecule is Cc1ccc(C(=O)NN)cc1C(=O)c1ccc(Nc2ccc(F)cc2F)cc1Cl. The summed E-state index contributed by atoms with van der Waals surface area (Å²) in [6.07, 6.45) is 0. The summed E-state index contributed by atoms with van der Waals surface area (Å²) < 4.78 is 26.8. The number of hydrazine groups is 1. The topological polar surface area (TPSA) is 84.2 Å². The molecule has 4 N–H and O–H groups in total. The van der Waals surface area contributed by atoms with Crippen molar-refractivity contribution in [2.45, 2.75) is 6.92 Å². The molecule has 1 amide bonds. The summed E-state index contributed by atoms with van der Waals surface area (Å²) >= 11 is 6.27. The summed E-state index contributed by atoms with van der Waals surface area (Å²) in [5.41, 5.74) is 3.92. The van der Waals surface area contributed by atoms with E-state index < -0.39 is 17.5 Å². The lowest BCUT2D eigenvalue weighted by atomic mass is 9.96. The van der Waals surface area contributed by atoms with Gasteiger partial charge in [-0.15, -0.1) is 0 Å². The number of aryl methyl sites for hydroxylation is 1. The van der Waals surface area contributed by atoms with Crippen LogP contribution in [0.5, 0.6) is 0 Å². The van der Waals surface area contributed by atoms with E-state index in [9.17, 15) is 18.4 Å². The van der Waals surface area contributed by atoms with Crippen molar-refractivity contribution in [3.63, 3.8) is 0 Å². The Labute approximate surface area is 170 Å². The van der Waals surface area contributed by atoms with Gasteiger partial charge in [0.25, 0.3) is 5.91 Å². The Bertz CT molecular complexity index is 1120. The predicted molar refractivity (Wildman–Crippen MR) is 107 cm³/mol. The molecule has 0 aliphatic rings. The second-order valence-corrected chi connectivity index (χ2v) is 6.68. The van der Waals surface area contributed by atoms with Crippen LogP contribution < -0.4 is 16.6 Å². The first-order valence-electron chi connectivity index (χ1n) is 8.48. The summed E-state index contributed by atoms with van der Waals surface area (Å²) in [6, 6.07) is 12.3. The molecular weight excluding hydrogens is 400 g/mol. The van der Waals surface area contributed by atoms with Crippen LogP contribution in [0.2, 0.25) is 5.02 Å². The number of hydrogen-bond donors (Lipinski definition) is 3. The summed E-state index contributed by atoms with van der Waals surface area (Å²) in [7, 11) is 0. The van der Waals surface area contributed by atoms with E-state index in [1.54, 1.807) is 25.1 Å². The molecule has 148 valence electrons. The first-order valence-corrected chi connectivity index (χ1v) is 8.86. The van der Waals surface area contributed by atoms with Crippen LogP contribution in [0.15, 0.2) is 54.6 Å². The molecule has 0 heterocycles. The number of halogens is 3. The molecular formula is C21H16ClF2N3O2. The van der Waals surface area contributed by atoms with Crippen LogP contribution in [-0.4, -0.2) is 11.7 Å². The largest absolute Gasteiger partial charge is 0.353 e. The average molecular weight is 416 g/mol. The normalized spacial score (nSPS) is 10.5. The molecule has 0 aromatic heterocycles. The van der Waals surface area contributed by atoms with Gasteiger partial charge in [-0.05, 0) is 55.0 Å². The highest BCUT2D eigenvalue weighted by Crippen LogP contribution is 2.28. The van der Waals surface area contributed by atoms with Crippen molar-refractivity contribution in [1.29, 1.82) is 0 Å². The summed E-state index contributed by atoms with van der Waals surface area (Å²) in [5, 5.41) is 2.92. The predicted octanol–water partition coefficient (Wildman–Crippen LogP) is 4.50. The number of carbonyl (C=O) groups excluding carboxylic acids is 2. The van der Waals surface area contributed by atoms with Gasteiger partial charge in [0.05, 0.1) is 10.7 Å². The average Bonchev–Trinajstić information content (AvgIpc) is 2.69. The van der Waals surface area contributed by atoms with Gasteiger partial charge in [0.1, 0.15) is 11.6 Å². The second kappa shape index (κ2) is 8.38. The van der Waals surface area contributed by atoms with E-state index in [1.807, 2.05) is 5.43 Å². The van der Waals surface area contributed by atoms with E-state index in [0.29, 0.717) is 16.8 Å². The Kier molecular flexibility index (Phi) is 5.91. The van der Waals surface area contributed by atoms with Crippen LogP contribution in [0.4, 0.5) is 20.2 Å². The van der Waals surface area contributed by atoms with E-state index in [1.165, 1.54) is 24.3 Å². The smallest absolute Gasteiger partial charge is 0.265 e. The fourth-order valence-electron chi connectivity index (χ4n) is 2.76. The first kappa shape index (κ1) is 20.4. The summed E-state index contributed by atoms with van der Waals surface area (Å²) in [6.45, 7) is 1.73. The van der Waals surface area contributed by atoms with Gasteiger partial charge < -0.3 is 5.32 Å². The van der Waals surface area contributed by atoms with Gasteiger partial charge in [-0.1, -0.05) is 17.7 Å². The lowest BCUT2D eigenvalue weighted by Gasteiger charge is -2.12. The second-order valence-electron chi connectivity index (χ2n) is 6.28. The maximum absolute atomic E-state index is 13.8. The number of nitrogens with two attached hydrogens (primary N) is 1. The molecule has 0 aliphatic heterocycles. The fourth-order valence-corrected chi connectivity index (χ4v) is 3.03. The molecule has 3 aromatic rings. The molecule has 3 rings (SSSR count). The Morgan fingerprint density at radius 1 is 0.966 bits per heavy atom. The molecule has 8 heteroatoms. The molecule has 0 atom stereocenters. The lowest BCUT2D eigenvalue weighted by Crippen LogP contribution is -2.30. The number of rotatable bonds is 5. The molecule has 5 nitrogen and oxygen atoms in total. The van der Waals surface area contributed by atoms with E-state index in [0.717, 1.165) is 12.1 Å². The number of amides is 1. The Morgan fingerprint density at radius 3 is 2.38 bits per heavy atom. The number of carbonyl (C=O) groups is 2. The van der Waals surface area contributed by atoms with Crippen LogP contribution in [0.3, 0.4) is 0 Å². The minimum atomic E-state index is -0.758. The zero-order valence-electron chi connectivity index (χ0n) is 15.2. The van der Waals surface area contributed by atoms with Gasteiger partial charge in [-0.3, -0.25) is 15.0 Å². The van der Waals surface area contributed by atoms with Gasteiger partial charge in [0, 0.05) is 28.4 Å². The highest BCUT2D eigenvalue weighted by atomic mass is 35.5. The van der Waals surface area contributed by atoms with E-state index >= 15 is 0 Å². The minimum Gasteiger partial charge on any atom is -0.353 e. The maximum Gasteiger partial charge on any atom is 0.265 e. The van der Waals surface area contributed by atoms with Gasteiger partial charge in [0.2, 0.25) is 0 Å². The van der Waals surface area contributed by atoms with Crippen molar-refractivity contribution in [1.82, 2.24) is 5.43 Å². The Morgan fingerprint density at radius 2 is 1.72 bits per heavy atom. The van der Waals surface area contributed by atoms with Crippen molar-refractivity contribution in [3.8, 4) is 0 Å². The van der Waals surface area contributed by atoms with Crippen LogP contribution in [0, 0.1) is 18.6 Å². The van der Waals surface area contributed by atoms with Crippen molar-refractivity contribution < 1.29 is 18.4 Å². The highest BCUT2D eigenvalue weighted by Gasteiger charge is 2.18. The molecule has 0 radical (unpaired) electrons. The number of hydrogen-bond acceptors (Lipinski definition) is 4. The number of anilines is 2. The monoisotopic (exact) mass is 415 g/mol. The third-order valence-corrected chi connectivity index (χ3v) is 4.61. The third kappa shape index (κ3) is 4.42. The van der Waals surface area contributed by atoms with Crippen molar-refractivity contribution in [2.24, 2.45) is 5.84 Å². The molecule has 0 saturated carbocycles. The number of ketones is 1. The number of nitrogen functional groups attached to an aromatic ring is 1. The van der Waals surface area contributed by atoms with Crippen molar-refractivity contribution in [2.75, 3.05) is 5.32 Å². The highest BCUT2D eigenvalue weighted by molar-refractivity contribution is 6.35. The number of nitrogens with one attached hydrogen (secondary N) is 2. The number of benzene rings is 3. The summed E-state index contributed by atoms with van der Waals surface area (Å²) in [4.78, 5) is 24.7. The fraction of sp³-hybridized carbons (Fsp3) is 0.0476. The molecule has 0 saturated heterocycles. The Balaban J connectivity index is 1.90. The van der Waals surface area contributed by atoms with Gasteiger partial charge >= 0.3 is 0 Å². The molecule has 0 unspecified atom stereocenters. The standard InChI is InChI=1S/C21H16ClF2N3O2/c1-11-2-3-12(21(29)27-25)8-16(11)20(28)15-6-5-14(10-17(15)22)26-19-7-4-13(23)9-18(19)24/h2-10,26H,25H2,1H3,(H,27,29). The lowest BCUT2D eigenvalue weighted by molar-refractivity contribution is 0.0953. The van der Waals surface area contributed by atoms with Gasteiger partial charge in [0.15, 0.2) is 5.78 Å². The zero-order chi connectivity index (χ0) is 21.1. The molecule has 29 heavy (non-hydrogen) atoms. The van der Waals surface area contributed by atoms with Crippen LogP contribution >= 0.6 is 11.6 Å². The molecule has 0 fully saturated rings. The van der Waals surface area contributed by atoms with Crippen LogP contribution in [-0.2, 0) is 0 Å². The van der Waals surface area contributed by atoms with Crippen molar-refractivity contribution in [3.05, 3.63) is 93.5 Å². The van der Waals surface area contributed by atoms with Crippen LogP contribution in [0.1, 0.15) is 31.8 Å². The van der Waals surface area contributed by atoms with Crippen LogP contribution in [0.25, 0.3) is 0 Å². The quantitative estimate of drug-likeness (QED) is 0.248. The molecule has 0 spiro atoms. The van der Waals surface area contributed by atoms with E-state index in [-0.39, 0.29) is 27.6 Å². The molecule has 3 aromatic carbocycles. The zero-order valence-corrected chi connectivity index (χ0v) is 16.0. The Hall–Kier alpha value is -3.29. The third-order valence-electron chi connectivity index (χ3n) is 4.30.